The molecule has 11 rings (SSSR count). The van der Waals surface area contributed by atoms with E-state index >= 15 is 0 Å². The van der Waals surface area contributed by atoms with E-state index in [9.17, 15) is 0 Å². The fourth-order valence-corrected chi connectivity index (χ4v) is 8.39. The van der Waals surface area contributed by atoms with Crippen molar-refractivity contribution in [3.63, 3.8) is 0 Å². The number of fused-ring (bicyclic) bond motifs is 5. The van der Waals surface area contributed by atoms with Crippen LogP contribution in [0.25, 0.3) is 66.6 Å². The zero-order chi connectivity index (χ0) is 41.8. The Morgan fingerprint density at radius 3 is 1.86 bits per heavy atom. The van der Waals surface area contributed by atoms with Crippen molar-refractivity contribution in [2.45, 2.75) is 6.85 Å². The van der Waals surface area contributed by atoms with Crippen LogP contribution >= 0.6 is 0 Å². The number of benzene rings is 7. The van der Waals surface area contributed by atoms with Gasteiger partial charge in [-0.15, -0.1) is 0 Å². The molecule has 0 bridgehead atoms. The maximum absolute atomic E-state index is 8.69. The summed E-state index contributed by atoms with van der Waals surface area (Å²) in [6.45, 7) is -1.75. The van der Waals surface area contributed by atoms with Crippen LogP contribution in [0.2, 0.25) is 0 Å². The van der Waals surface area contributed by atoms with Gasteiger partial charge >= 0.3 is 0 Å². The molecule has 0 saturated heterocycles. The van der Waals surface area contributed by atoms with Crippen LogP contribution in [0.1, 0.15) is 9.68 Å². The molecular formula is C53H39N5O. The molecule has 0 atom stereocenters. The Morgan fingerprint density at radius 1 is 0.492 bits per heavy atom. The summed E-state index contributed by atoms with van der Waals surface area (Å²) in [7, 11) is 0. The number of rotatable bonds is 8. The van der Waals surface area contributed by atoms with Gasteiger partial charge in [0.1, 0.15) is 17.3 Å². The number of aromatic nitrogens is 3. The topological polar surface area (TPSA) is 38.5 Å². The molecule has 4 heterocycles. The molecule has 0 unspecified atom stereocenters. The minimum Gasteiger partial charge on any atom is -0.457 e. The first kappa shape index (κ1) is 31.3. The van der Waals surface area contributed by atoms with Gasteiger partial charge in [-0.25, -0.2) is 4.98 Å². The first-order valence-corrected chi connectivity index (χ1v) is 19.7. The van der Waals surface area contributed by atoms with E-state index in [1.165, 1.54) is 0 Å². The van der Waals surface area contributed by atoms with Crippen molar-refractivity contribution >= 4 is 44.2 Å². The van der Waals surface area contributed by atoms with Crippen molar-refractivity contribution in [3.05, 3.63) is 212 Å². The Kier molecular flexibility index (Phi) is 7.57. The van der Waals surface area contributed by atoms with Crippen LogP contribution in [-0.2, 0) is 0 Å². The summed E-state index contributed by atoms with van der Waals surface area (Å²) < 4.78 is 37.3. The molecule has 1 aliphatic heterocycles. The summed E-state index contributed by atoms with van der Waals surface area (Å²) in [5.41, 5.74) is 10.6. The lowest BCUT2D eigenvalue weighted by Gasteiger charge is -2.23. The van der Waals surface area contributed by atoms with E-state index in [1.54, 1.807) is 12.3 Å². The maximum atomic E-state index is 8.69. The molecule has 3 aromatic heterocycles. The molecule has 0 fully saturated rings. The molecule has 0 radical (unpaired) electrons. The van der Waals surface area contributed by atoms with Gasteiger partial charge in [-0.2, -0.15) is 0 Å². The summed E-state index contributed by atoms with van der Waals surface area (Å²) >= 11 is 0. The molecule has 6 heteroatoms. The third-order valence-electron chi connectivity index (χ3n) is 11.1. The van der Waals surface area contributed by atoms with Crippen LogP contribution in [0, 0.1) is 6.85 Å². The highest BCUT2D eigenvalue weighted by molar-refractivity contribution is 6.20. The molecule has 6 nitrogen and oxygen atoms in total. The highest BCUT2D eigenvalue weighted by atomic mass is 16.5. The summed E-state index contributed by atoms with van der Waals surface area (Å²) in [6.07, 6.45) is 5.89. The van der Waals surface area contributed by atoms with Crippen LogP contribution < -0.4 is 14.5 Å². The number of para-hydroxylation sites is 3. The van der Waals surface area contributed by atoms with E-state index in [-0.39, 0.29) is 5.56 Å². The van der Waals surface area contributed by atoms with Crippen molar-refractivity contribution in [2.75, 3.05) is 16.5 Å². The lowest BCUT2D eigenvalue weighted by Crippen LogP contribution is -2.24. The van der Waals surface area contributed by atoms with E-state index < -0.39 is 6.85 Å². The lowest BCUT2D eigenvalue weighted by molar-refractivity contribution is 0.483. The normalized spacial score (nSPS) is 13.6. The van der Waals surface area contributed by atoms with Gasteiger partial charge < -0.3 is 19.1 Å². The quantitative estimate of drug-likeness (QED) is 0.154. The molecule has 0 aliphatic carbocycles. The number of aryl methyl sites for hydroxylation is 1. The van der Waals surface area contributed by atoms with Gasteiger partial charge in [0.05, 0.1) is 28.7 Å². The lowest BCUT2D eigenvalue weighted by atomic mass is 10.0. The van der Waals surface area contributed by atoms with Crippen LogP contribution in [0.5, 0.6) is 11.5 Å². The average Bonchev–Trinajstić information content (AvgIpc) is 4.03. The van der Waals surface area contributed by atoms with Gasteiger partial charge in [0.25, 0.3) is 0 Å². The Bertz CT molecular complexity index is 3290. The Morgan fingerprint density at radius 2 is 1.12 bits per heavy atom. The van der Waals surface area contributed by atoms with E-state index in [4.69, 9.17) is 13.8 Å². The number of ether oxygens (including phenoxy) is 1. The van der Waals surface area contributed by atoms with Crippen LogP contribution in [-0.4, -0.2) is 20.8 Å². The molecule has 1 aliphatic rings. The number of nitrogens with zero attached hydrogens (tertiary/aromatic N) is 5. The number of hydrogen-bond acceptors (Lipinski definition) is 4. The fraction of sp³-hybridized carbons (Fsp3) is 0.0377. The number of hydrogen-bond donors (Lipinski definition) is 0. The summed E-state index contributed by atoms with van der Waals surface area (Å²) in [6, 6.07) is 63.2. The van der Waals surface area contributed by atoms with Crippen LogP contribution in [0.4, 0.5) is 11.4 Å². The van der Waals surface area contributed by atoms with Gasteiger partial charge in [0, 0.05) is 68.2 Å². The van der Waals surface area contributed by atoms with Gasteiger partial charge in [-0.05, 0) is 89.8 Å². The van der Waals surface area contributed by atoms with Crippen molar-refractivity contribution in [1.29, 1.82) is 0 Å². The first-order chi connectivity index (χ1) is 30.4. The predicted octanol–water partition coefficient (Wildman–Crippen LogP) is 13.3. The van der Waals surface area contributed by atoms with Crippen molar-refractivity contribution < 1.29 is 8.85 Å². The van der Waals surface area contributed by atoms with Crippen molar-refractivity contribution in [2.24, 2.45) is 0 Å². The second kappa shape index (κ2) is 14.3. The summed E-state index contributed by atoms with van der Waals surface area (Å²) in [5, 5.41) is 1.98. The second-order valence-electron chi connectivity index (χ2n) is 14.8. The highest BCUT2D eigenvalue weighted by Crippen LogP contribution is 2.43. The Hall–Kier alpha value is -7.83. The SMILES string of the molecule is [2H]C([2H])([2H])c1cc(-n2c3cc(Oc4cc(-c5ccccc5)cc(N5C=CN(c6ccccc6)C5)c4)ccc3c3c2c2ccccc2n3-c2ccccc2)ncc1-c1ccccc1. The highest BCUT2D eigenvalue weighted by Gasteiger charge is 2.24. The minimum absolute atomic E-state index is 0.231. The largest absolute Gasteiger partial charge is 0.457 e. The molecule has 7 aromatic carbocycles. The standard InChI is InChI=1S/C53H39N5O/c1-37-30-51(54-35-48(37)39-18-8-3-9-19-39)58-50-34-44(26-27-47(50)52-53(58)46-24-14-15-25-49(46)57(52)42-22-12-5-13-23-42)59-45-32-40(38-16-6-2-7-17-38)31-43(33-45)56-29-28-55(36-56)41-20-10-4-11-21-41/h2-35H,36H2,1H3/i1D3. The van der Waals surface area contributed by atoms with E-state index in [1.807, 2.05) is 97.1 Å². The van der Waals surface area contributed by atoms with E-state index in [0.29, 0.717) is 29.5 Å². The van der Waals surface area contributed by atoms with Crippen LogP contribution in [0.3, 0.4) is 0 Å². The summed E-state index contributed by atoms with van der Waals surface area (Å²) in [5.74, 6) is 1.82. The smallest absolute Gasteiger partial charge is 0.137 e. The fourth-order valence-electron chi connectivity index (χ4n) is 8.39. The van der Waals surface area contributed by atoms with Gasteiger partial charge in [0.15, 0.2) is 0 Å². The predicted molar refractivity (Wildman–Crippen MR) is 243 cm³/mol. The third kappa shape index (κ3) is 6.10. The van der Waals surface area contributed by atoms with Gasteiger partial charge in [-0.1, -0.05) is 115 Å². The second-order valence-corrected chi connectivity index (χ2v) is 14.8. The van der Waals surface area contributed by atoms with E-state index in [0.717, 1.165) is 66.6 Å². The third-order valence-corrected chi connectivity index (χ3v) is 11.1. The van der Waals surface area contributed by atoms with Crippen molar-refractivity contribution in [1.82, 2.24) is 14.1 Å². The molecule has 282 valence electrons. The number of anilines is 2. The maximum Gasteiger partial charge on any atom is 0.137 e. The molecule has 0 amide bonds. The van der Waals surface area contributed by atoms with Gasteiger partial charge in [-0.3, -0.25) is 4.57 Å². The first-order valence-electron chi connectivity index (χ1n) is 21.2. The molecule has 0 saturated carbocycles. The van der Waals surface area contributed by atoms with Gasteiger partial charge in [0.2, 0.25) is 0 Å². The zero-order valence-corrected chi connectivity index (χ0v) is 32.0. The Balaban J connectivity index is 1.10. The Labute approximate surface area is 346 Å². The molecule has 0 N–H and O–H groups in total. The average molecular weight is 765 g/mol. The van der Waals surface area contributed by atoms with Crippen LogP contribution in [0.15, 0.2) is 207 Å². The van der Waals surface area contributed by atoms with E-state index in [2.05, 4.69) is 116 Å². The monoisotopic (exact) mass is 764 g/mol. The minimum atomic E-state index is -2.40. The molecule has 59 heavy (non-hydrogen) atoms. The molecule has 0 spiro atoms. The zero-order valence-electron chi connectivity index (χ0n) is 35.0. The summed E-state index contributed by atoms with van der Waals surface area (Å²) in [4.78, 5) is 9.48. The molecular weight excluding hydrogens is 723 g/mol. The molecule has 10 aromatic rings. The van der Waals surface area contributed by atoms with Crippen molar-refractivity contribution in [3.8, 4) is 45.3 Å². The number of pyridine rings is 1.